The number of fused-ring (bicyclic) bond motifs is 1. The third-order valence-corrected chi connectivity index (χ3v) is 4.67. The van der Waals surface area contributed by atoms with Gasteiger partial charge in [-0.25, -0.2) is 0 Å². The van der Waals surface area contributed by atoms with E-state index in [9.17, 15) is 9.59 Å². The van der Waals surface area contributed by atoms with Crippen LogP contribution in [0, 0.1) is 0 Å². The second kappa shape index (κ2) is 8.58. The number of hydrogen-bond acceptors (Lipinski definition) is 4. The van der Waals surface area contributed by atoms with Gasteiger partial charge in [-0.1, -0.05) is 36.4 Å². The Morgan fingerprint density at radius 3 is 2.56 bits per heavy atom. The smallest absolute Gasteiger partial charge is 0.242 e. The number of nitrogens with zero attached hydrogens (tertiary/aromatic N) is 1. The maximum absolute atomic E-state index is 12.9. The summed E-state index contributed by atoms with van der Waals surface area (Å²) in [5.41, 5.74) is 1.99. The summed E-state index contributed by atoms with van der Waals surface area (Å²) in [7, 11) is 1.58. The van der Waals surface area contributed by atoms with E-state index in [0.717, 1.165) is 16.9 Å². The molecule has 2 amide bonds. The van der Waals surface area contributed by atoms with Crippen molar-refractivity contribution in [1.82, 2.24) is 10.2 Å². The molecule has 0 bridgehead atoms. The van der Waals surface area contributed by atoms with E-state index in [1.165, 1.54) is 0 Å². The molecular weight excluding hydrogens is 344 g/mol. The highest BCUT2D eigenvalue weighted by molar-refractivity contribution is 5.87. The first-order chi connectivity index (χ1) is 13.1. The Morgan fingerprint density at radius 1 is 1.07 bits per heavy atom. The molecule has 0 saturated heterocycles. The first kappa shape index (κ1) is 18.8. The molecule has 27 heavy (non-hydrogen) atoms. The van der Waals surface area contributed by atoms with Gasteiger partial charge >= 0.3 is 0 Å². The lowest BCUT2D eigenvalue weighted by atomic mass is 10.1. The summed E-state index contributed by atoms with van der Waals surface area (Å²) in [5.74, 6) is 1.19. The van der Waals surface area contributed by atoms with E-state index in [0.29, 0.717) is 25.1 Å². The van der Waals surface area contributed by atoms with E-state index < -0.39 is 6.04 Å². The van der Waals surface area contributed by atoms with E-state index in [1.54, 1.807) is 18.9 Å². The predicted octanol–water partition coefficient (Wildman–Crippen LogP) is 2.51. The third-order valence-electron chi connectivity index (χ3n) is 4.67. The minimum absolute atomic E-state index is 0.0624. The van der Waals surface area contributed by atoms with Gasteiger partial charge in [-0.2, -0.15) is 0 Å². The van der Waals surface area contributed by atoms with Gasteiger partial charge in [0.2, 0.25) is 18.6 Å². The molecule has 0 radical (unpaired) electrons. The van der Waals surface area contributed by atoms with Gasteiger partial charge < -0.3 is 19.7 Å². The Hall–Kier alpha value is -3.02. The number of rotatable bonds is 7. The van der Waals surface area contributed by atoms with E-state index in [2.05, 4.69) is 5.32 Å². The van der Waals surface area contributed by atoms with Crippen molar-refractivity contribution in [3.63, 3.8) is 0 Å². The van der Waals surface area contributed by atoms with Crippen molar-refractivity contribution in [2.75, 3.05) is 13.8 Å². The van der Waals surface area contributed by atoms with E-state index in [1.807, 2.05) is 48.5 Å². The van der Waals surface area contributed by atoms with Crippen LogP contribution >= 0.6 is 0 Å². The van der Waals surface area contributed by atoms with Gasteiger partial charge in [-0.15, -0.1) is 0 Å². The Kier molecular flexibility index (Phi) is 5.96. The SMILES string of the molecule is CNC(=O)[C@H](C)N(Cc1ccccc1)C(=O)CCc1ccc2c(c1)OCO2. The molecule has 1 atom stereocenters. The molecule has 1 aliphatic rings. The summed E-state index contributed by atoms with van der Waals surface area (Å²) in [6.07, 6.45) is 0.884. The molecule has 0 unspecified atom stereocenters. The van der Waals surface area contributed by atoms with Crippen LogP contribution in [0.4, 0.5) is 0 Å². The van der Waals surface area contributed by atoms with Crippen molar-refractivity contribution in [3.8, 4) is 11.5 Å². The van der Waals surface area contributed by atoms with Crippen LogP contribution < -0.4 is 14.8 Å². The Bertz CT molecular complexity index is 807. The largest absolute Gasteiger partial charge is 0.454 e. The fraction of sp³-hybridized carbons (Fsp3) is 0.333. The highest BCUT2D eigenvalue weighted by Gasteiger charge is 2.25. The average Bonchev–Trinajstić information content (AvgIpc) is 3.17. The lowest BCUT2D eigenvalue weighted by Crippen LogP contribution is -2.46. The van der Waals surface area contributed by atoms with Crippen molar-refractivity contribution in [3.05, 3.63) is 59.7 Å². The maximum atomic E-state index is 12.9. The number of carbonyl (C=O) groups is 2. The zero-order chi connectivity index (χ0) is 19.2. The first-order valence-corrected chi connectivity index (χ1v) is 9.02. The minimum Gasteiger partial charge on any atom is -0.454 e. The summed E-state index contributed by atoms with van der Waals surface area (Å²) in [5, 5.41) is 2.62. The zero-order valence-electron chi connectivity index (χ0n) is 15.6. The van der Waals surface area contributed by atoms with Gasteiger partial charge in [-0.3, -0.25) is 9.59 Å². The fourth-order valence-corrected chi connectivity index (χ4v) is 3.06. The molecule has 1 N–H and O–H groups in total. The minimum atomic E-state index is -0.542. The highest BCUT2D eigenvalue weighted by atomic mass is 16.7. The molecular formula is C21H24N2O4. The summed E-state index contributed by atoms with van der Waals surface area (Å²) in [4.78, 5) is 26.6. The predicted molar refractivity (Wildman–Crippen MR) is 101 cm³/mol. The maximum Gasteiger partial charge on any atom is 0.242 e. The second-order valence-corrected chi connectivity index (χ2v) is 6.49. The van der Waals surface area contributed by atoms with Gasteiger partial charge in [0.25, 0.3) is 0 Å². The van der Waals surface area contributed by atoms with Gasteiger partial charge in [0.1, 0.15) is 6.04 Å². The van der Waals surface area contributed by atoms with Crippen LogP contribution in [-0.2, 0) is 22.6 Å². The van der Waals surface area contributed by atoms with E-state index in [-0.39, 0.29) is 18.6 Å². The monoisotopic (exact) mass is 368 g/mol. The summed E-state index contributed by atoms with van der Waals surface area (Å²) >= 11 is 0. The van der Waals surface area contributed by atoms with Crippen LogP contribution in [0.25, 0.3) is 0 Å². The molecule has 2 aromatic rings. The van der Waals surface area contributed by atoms with Crippen LogP contribution in [0.5, 0.6) is 11.5 Å². The van der Waals surface area contributed by atoms with Crippen LogP contribution in [0.1, 0.15) is 24.5 Å². The number of nitrogens with one attached hydrogen (secondary N) is 1. The Morgan fingerprint density at radius 2 is 1.81 bits per heavy atom. The Balaban J connectivity index is 1.69. The molecule has 142 valence electrons. The van der Waals surface area contributed by atoms with Crippen LogP contribution in [0.2, 0.25) is 0 Å². The molecule has 0 spiro atoms. The zero-order valence-corrected chi connectivity index (χ0v) is 15.6. The topological polar surface area (TPSA) is 67.9 Å². The molecule has 1 aliphatic heterocycles. The number of amides is 2. The molecule has 6 heteroatoms. The second-order valence-electron chi connectivity index (χ2n) is 6.49. The van der Waals surface area contributed by atoms with Crippen LogP contribution in [0.15, 0.2) is 48.5 Å². The summed E-state index contributed by atoms with van der Waals surface area (Å²) < 4.78 is 10.7. The molecule has 0 aromatic heterocycles. The van der Waals surface area contributed by atoms with Crippen LogP contribution in [-0.4, -0.2) is 36.6 Å². The molecule has 3 rings (SSSR count). The lowest BCUT2D eigenvalue weighted by molar-refractivity contribution is -0.140. The molecule has 0 saturated carbocycles. The molecule has 6 nitrogen and oxygen atoms in total. The van der Waals surface area contributed by atoms with Crippen molar-refractivity contribution in [1.29, 1.82) is 0 Å². The first-order valence-electron chi connectivity index (χ1n) is 9.02. The van der Waals surface area contributed by atoms with Gasteiger partial charge in [0.15, 0.2) is 11.5 Å². The normalized spacial score (nSPS) is 13.1. The number of benzene rings is 2. The van der Waals surface area contributed by atoms with E-state index >= 15 is 0 Å². The molecule has 0 aliphatic carbocycles. The fourth-order valence-electron chi connectivity index (χ4n) is 3.06. The molecule has 1 heterocycles. The number of likely N-dealkylation sites (N-methyl/N-ethyl adjacent to an activating group) is 1. The van der Waals surface area contributed by atoms with Gasteiger partial charge in [-0.05, 0) is 36.6 Å². The summed E-state index contributed by atoms with van der Waals surface area (Å²) in [6, 6.07) is 14.8. The standard InChI is InChI=1S/C21H24N2O4/c1-15(21(25)22-2)23(13-17-6-4-3-5-7-17)20(24)11-9-16-8-10-18-19(12-16)27-14-26-18/h3-8,10,12,15H,9,11,13-14H2,1-2H3,(H,22,25)/t15-/m0/s1. The average molecular weight is 368 g/mol. The summed E-state index contributed by atoms with van der Waals surface area (Å²) in [6.45, 7) is 2.38. The number of aryl methyl sites for hydroxylation is 1. The Labute approximate surface area is 159 Å². The van der Waals surface area contributed by atoms with Gasteiger partial charge in [0, 0.05) is 20.0 Å². The molecule has 2 aromatic carbocycles. The quantitative estimate of drug-likeness (QED) is 0.815. The van der Waals surface area contributed by atoms with Gasteiger partial charge in [0.05, 0.1) is 0 Å². The third kappa shape index (κ3) is 4.58. The van der Waals surface area contributed by atoms with Crippen molar-refractivity contribution < 1.29 is 19.1 Å². The lowest BCUT2D eigenvalue weighted by Gasteiger charge is -2.28. The number of hydrogen-bond donors (Lipinski definition) is 1. The van der Waals surface area contributed by atoms with Crippen molar-refractivity contribution in [2.45, 2.75) is 32.4 Å². The highest BCUT2D eigenvalue weighted by Crippen LogP contribution is 2.32. The van der Waals surface area contributed by atoms with Crippen molar-refractivity contribution in [2.24, 2.45) is 0 Å². The van der Waals surface area contributed by atoms with Crippen molar-refractivity contribution >= 4 is 11.8 Å². The van der Waals surface area contributed by atoms with Crippen LogP contribution in [0.3, 0.4) is 0 Å². The number of carbonyl (C=O) groups excluding carboxylic acids is 2. The van der Waals surface area contributed by atoms with E-state index in [4.69, 9.17) is 9.47 Å². The number of ether oxygens (including phenoxy) is 2. The molecule has 0 fully saturated rings.